The molecule has 0 radical (unpaired) electrons. The fourth-order valence-corrected chi connectivity index (χ4v) is 13.8. The highest BCUT2D eigenvalue weighted by atomic mass is 32.5. The van der Waals surface area contributed by atoms with Gasteiger partial charge in [-0.05, 0) is 54.4 Å². The van der Waals surface area contributed by atoms with E-state index in [1.54, 1.807) is 23.0 Å². The van der Waals surface area contributed by atoms with E-state index in [1.807, 2.05) is 0 Å². The summed E-state index contributed by atoms with van der Waals surface area (Å²) < 4.78 is 0. The van der Waals surface area contributed by atoms with Crippen molar-refractivity contribution in [1.82, 2.24) is 0 Å². The van der Waals surface area contributed by atoms with Gasteiger partial charge in [-0.15, -0.1) is 0 Å². The summed E-state index contributed by atoms with van der Waals surface area (Å²) in [6.07, 6.45) is 10.0. The van der Waals surface area contributed by atoms with Crippen LogP contribution in [0.2, 0.25) is 0 Å². The Labute approximate surface area is 125 Å². The Morgan fingerprint density at radius 3 is 1.33 bits per heavy atom. The largest absolute Gasteiger partial charge is 0.296 e. The highest BCUT2D eigenvalue weighted by molar-refractivity contribution is 8.64. The molecule has 0 nitrogen and oxygen atoms in total. The van der Waals surface area contributed by atoms with Crippen molar-refractivity contribution in [2.45, 2.75) is 65.7 Å². The lowest BCUT2D eigenvalue weighted by Crippen LogP contribution is -2.33. The molecule has 0 aromatic rings. The second-order valence-electron chi connectivity index (χ2n) is 6.64. The fraction of sp³-hybridized carbons (Fsp3) is 1.00. The first-order chi connectivity index (χ1) is 8.54. The molecule has 3 heteroatoms. The van der Waals surface area contributed by atoms with E-state index >= 15 is 0 Å². The van der Waals surface area contributed by atoms with Crippen molar-refractivity contribution in [2.24, 2.45) is 0 Å². The van der Waals surface area contributed by atoms with E-state index in [1.165, 1.54) is 54.3 Å². The molecule has 0 fully saturated rings. The van der Waals surface area contributed by atoms with E-state index in [9.17, 15) is 0 Å². The van der Waals surface area contributed by atoms with Gasteiger partial charge in [0.1, 0.15) is 0 Å². The minimum atomic E-state index is -1.27. The third kappa shape index (κ3) is 6.90. The first-order valence-corrected chi connectivity index (χ1v) is 14.9. The standard InChI is InChI=1S/C15H38S2Si/c1-4-7-12-17(18,13-8-5-2,14-9-6-3)15-10-11-16/h16-17H,4-15H2,1-3,18H3. The molecule has 0 unspecified atom stereocenters. The molecule has 0 amide bonds. The Hall–Kier alpha value is 0.917. The van der Waals surface area contributed by atoms with Gasteiger partial charge >= 0.3 is 0 Å². The van der Waals surface area contributed by atoms with Crippen molar-refractivity contribution < 1.29 is 0 Å². The van der Waals surface area contributed by atoms with Gasteiger partial charge in [-0.1, -0.05) is 40.0 Å². The third-order valence-corrected chi connectivity index (χ3v) is 17.2. The zero-order valence-corrected chi connectivity index (χ0v) is 17.2. The van der Waals surface area contributed by atoms with Crippen molar-refractivity contribution >= 4 is 30.6 Å². The molecule has 0 spiro atoms. The lowest BCUT2D eigenvalue weighted by molar-refractivity contribution is 0.838. The van der Waals surface area contributed by atoms with Crippen LogP contribution < -0.4 is 0 Å². The average molecular weight is 311 g/mol. The summed E-state index contributed by atoms with van der Waals surface area (Å²) in [6, 6.07) is 0. The maximum absolute atomic E-state index is 4.48. The van der Waals surface area contributed by atoms with Gasteiger partial charge in [0.25, 0.3) is 0 Å². The molecule has 0 aromatic carbocycles. The molecule has 0 saturated heterocycles. The Balaban J connectivity index is 4.82. The number of hydrogen-bond donors (Lipinski definition) is 2. The van der Waals surface area contributed by atoms with Gasteiger partial charge in [-0.2, -0.15) is 12.6 Å². The molecule has 114 valence electrons. The van der Waals surface area contributed by atoms with E-state index in [0.29, 0.717) is 0 Å². The minimum Gasteiger partial charge on any atom is -0.296 e. The Kier molecular flexibility index (Phi) is 10.3. The summed E-state index contributed by atoms with van der Waals surface area (Å²) in [5.74, 6) is 7.51. The first-order valence-electron chi connectivity index (χ1n) is 8.15. The molecule has 0 aliphatic heterocycles. The van der Waals surface area contributed by atoms with Crippen LogP contribution >= 0.6 is 21.2 Å². The van der Waals surface area contributed by atoms with E-state index in [0.717, 1.165) is 5.75 Å². The summed E-state index contributed by atoms with van der Waals surface area (Å²) in [5.41, 5.74) is 0. The van der Waals surface area contributed by atoms with E-state index in [4.69, 9.17) is 0 Å². The predicted octanol–water partition coefficient (Wildman–Crippen LogP) is 4.06. The van der Waals surface area contributed by atoms with Crippen LogP contribution in [0.25, 0.3) is 0 Å². The molecule has 0 aliphatic rings. The Bertz CT molecular complexity index is 163. The number of thiol groups is 2. The molecule has 0 saturated carbocycles. The number of unbranched alkanes of at least 4 members (excludes halogenated alkanes) is 3. The van der Waals surface area contributed by atoms with Crippen LogP contribution in [0.5, 0.6) is 0 Å². The van der Waals surface area contributed by atoms with E-state index in [2.05, 4.69) is 33.4 Å². The molecule has 0 bridgehead atoms. The number of hydrogen-bond acceptors (Lipinski definition) is 1. The smallest absolute Gasteiger partial charge is 0.0347 e. The first kappa shape index (κ1) is 18.9. The van der Waals surface area contributed by atoms with Gasteiger partial charge < -0.3 is 0 Å². The second kappa shape index (κ2) is 9.76. The van der Waals surface area contributed by atoms with Crippen LogP contribution in [0.4, 0.5) is 0 Å². The zero-order chi connectivity index (χ0) is 13.9. The Morgan fingerprint density at radius 1 is 0.722 bits per heavy atom. The van der Waals surface area contributed by atoms with E-state index in [-0.39, 0.29) is 0 Å². The molecule has 0 atom stereocenters. The summed E-state index contributed by atoms with van der Waals surface area (Å²) in [7, 11) is 0.230. The molecule has 0 N–H and O–H groups in total. The van der Waals surface area contributed by atoms with Gasteiger partial charge in [0.05, 0.1) is 0 Å². The normalized spacial score (nSPS) is 14.6. The van der Waals surface area contributed by atoms with Gasteiger partial charge in [0.2, 0.25) is 0 Å². The van der Waals surface area contributed by atoms with Crippen molar-refractivity contribution in [3.05, 3.63) is 0 Å². The summed E-state index contributed by atoms with van der Waals surface area (Å²) in [5, 5.41) is 0. The van der Waals surface area contributed by atoms with E-state index < -0.39 is 8.61 Å². The van der Waals surface area contributed by atoms with Gasteiger partial charge in [0.15, 0.2) is 0 Å². The van der Waals surface area contributed by atoms with Crippen LogP contribution in [-0.4, -0.2) is 38.2 Å². The molecular weight excluding hydrogens is 272 g/mol. The monoisotopic (exact) mass is 310 g/mol. The summed E-state index contributed by atoms with van der Waals surface area (Å²) >= 11 is 4.48. The second-order valence-corrected chi connectivity index (χ2v) is 21.7. The lowest BCUT2D eigenvalue weighted by atomic mass is 10.4. The third-order valence-electron chi connectivity index (χ3n) is 4.64. The van der Waals surface area contributed by atoms with Crippen LogP contribution in [0.1, 0.15) is 65.7 Å². The van der Waals surface area contributed by atoms with Gasteiger partial charge in [0, 0.05) is 9.39 Å². The molecule has 0 heterocycles. The van der Waals surface area contributed by atoms with Crippen LogP contribution in [0.15, 0.2) is 0 Å². The minimum absolute atomic E-state index is 1.10. The zero-order valence-electron chi connectivity index (χ0n) is 13.4. The molecule has 18 heavy (non-hydrogen) atoms. The highest BCUT2D eigenvalue weighted by Gasteiger charge is 2.33. The maximum atomic E-state index is 4.48. The van der Waals surface area contributed by atoms with Crippen LogP contribution in [0, 0.1) is 0 Å². The topological polar surface area (TPSA) is 0 Å². The van der Waals surface area contributed by atoms with Crippen molar-refractivity contribution in [1.29, 1.82) is 0 Å². The number of rotatable bonds is 12. The van der Waals surface area contributed by atoms with Crippen LogP contribution in [0.3, 0.4) is 0 Å². The molecule has 0 aromatic heterocycles. The molecular formula is C15H38S2Si. The van der Waals surface area contributed by atoms with Gasteiger partial charge in [-0.3, -0.25) is 8.61 Å². The average Bonchev–Trinajstić information content (AvgIpc) is 2.40. The highest BCUT2D eigenvalue weighted by Crippen LogP contribution is 2.67. The lowest BCUT2D eigenvalue weighted by Gasteiger charge is -2.60. The quantitative estimate of drug-likeness (QED) is 0.394. The SMILES string of the molecule is CCCC[SH]([SiH3])(CCCC)(CCCC)CCCS. The van der Waals surface area contributed by atoms with Crippen molar-refractivity contribution in [2.75, 3.05) is 28.8 Å². The Morgan fingerprint density at radius 2 is 1.06 bits per heavy atom. The molecule has 0 rings (SSSR count). The fourth-order valence-electron chi connectivity index (χ4n) is 3.19. The summed E-state index contributed by atoms with van der Waals surface area (Å²) in [4.78, 5) is 0. The van der Waals surface area contributed by atoms with Gasteiger partial charge in [-0.25, -0.2) is 0 Å². The van der Waals surface area contributed by atoms with Crippen molar-refractivity contribution in [3.8, 4) is 0 Å². The maximum Gasteiger partial charge on any atom is 0.0347 e. The molecule has 0 aliphatic carbocycles. The van der Waals surface area contributed by atoms with Crippen LogP contribution in [-0.2, 0) is 0 Å². The van der Waals surface area contributed by atoms with Crippen molar-refractivity contribution in [3.63, 3.8) is 0 Å². The predicted molar refractivity (Wildman–Crippen MR) is 102 cm³/mol. The summed E-state index contributed by atoms with van der Waals surface area (Å²) in [6.45, 7) is 7.09.